The first-order chi connectivity index (χ1) is 14.9. The molecule has 1 saturated heterocycles. The minimum atomic E-state index is -3.09. The van der Waals surface area contributed by atoms with Crippen molar-refractivity contribution in [2.24, 2.45) is 0 Å². The van der Waals surface area contributed by atoms with Crippen molar-refractivity contribution in [3.63, 3.8) is 0 Å². The fourth-order valence-corrected chi connectivity index (χ4v) is 6.23. The van der Waals surface area contributed by atoms with Crippen LogP contribution in [0.15, 0.2) is 53.7 Å². The van der Waals surface area contributed by atoms with E-state index in [9.17, 15) is 13.2 Å². The summed E-state index contributed by atoms with van der Waals surface area (Å²) in [7, 11) is -3.09. The van der Waals surface area contributed by atoms with Gasteiger partial charge in [-0.2, -0.15) is 0 Å². The summed E-state index contributed by atoms with van der Waals surface area (Å²) in [4.78, 5) is 22.6. The maximum absolute atomic E-state index is 13.1. The van der Waals surface area contributed by atoms with E-state index in [1.165, 1.54) is 11.8 Å². The minimum Gasteiger partial charge on any atom is -0.494 e. The van der Waals surface area contributed by atoms with Crippen LogP contribution in [0.4, 0.5) is 0 Å². The van der Waals surface area contributed by atoms with E-state index < -0.39 is 9.84 Å². The molecule has 31 heavy (non-hydrogen) atoms. The van der Waals surface area contributed by atoms with Gasteiger partial charge < -0.3 is 14.6 Å². The molecule has 1 fully saturated rings. The van der Waals surface area contributed by atoms with Gasteiger partial charge in [-0.1, -0.05) is 42.1 Å². The van der Waals surface area contributed by atoms with Crippen molar-refractivity contribution in [1.29, 1.82) is 0 Å². The van der Waals surface area contributed by atoms with Crippen LogP contribution in [-0.2, 0) is 21.2 Å². The SMILES string of the molecule is CCOc1ccc2nc(SCC(=O)N(Cc3ccccc3)[C@@H]3CCS(=O)(=O)C3)[nH]c2c1. The number of thioether (sulfide) groups is 1. The number of rotatable bonds is 8. The first kappa shape index (κ1) is 21.7. The van der Waals surface area contributed by atoms with Gasteiger partial charge in [0.2, 0.25) is 5.91 Å². The molecule has 2 heterocycles. The van der Waals surface area contributed by atoms with Crippen molar-refractivity contribution >= 4 is 38.5 Å². The average Bonchev–Trinajstić information content (AvgIpc) is 3.33. The Hall–Kier alpha value is -2.52. The summed E-state index contributed by atoms with van der Waals surface area (Å²) in [6.07, 6.45) is 0.483. The molecule has 1 aliphatic heterocycles. The van der Waals surface area contributed by atoms with Crippen LogP contribution in [0.25, 0.3) is 11.0 Å². The highest BCUT2D eigenvalue weighted by Gasteiger charge is 2.34. The molecule has 0 bridgehead atoms. The predicted octanol–water partition coefficient (Wildman–Crippen LogP) is 3.27. The number of H-pyrrole nitrogens is 1. The van der Waals surface area contributed by atoms with Gasteiger partial charge in [-0.15, -0.1) is 0 Å². The Kier molecular flexibility index (Phi) is 6.52. The normalized spacial score (nSPS) is 17.6. The van der Waals surface area contributed by atoms with Gasteiger partial charge in [0, 0.05) is 18.7 Å². The molecular formula is C22H25N3O4S2. The molecule has 1 aromatic heterocycles. The van der Waals surface area contributed by atoms with E-state index >= 15 is 0 Å². The third kappa shape index (κ3) is 5.40. The van der Waals surface area contributed by atoms with Crippen LogP contribution in [0.1, 0.15) is 18.9 Å². The Labute approximate surface area is 186 Å². The van der Waals surface area contributed by atoms with Gasteiger partial charge in [0.15, 0.2) is 15.0 Å². The van der Waals surface area contributed by atoms with E-state index in [0.717, 1.165) is 22.3 Å². The second kappa shape index (κ2) is 9.32. The van der Waals surface area contributed by atoms with Crippen molar-refractivity contribution in [3.8, 4) is 5.75 Å². The number of nitrogens with zero attached hydrogens (tertiary/aromatic N) is 2. The van der Waals surface area contributed by atoms with Gasteiger partial charge in [0.1, 0.15) is 5.75 Å². The molecule has 1 atom stereocenters. The summed E-state index contributed by atoms with van der Waals surface area (Å²) in [6.45, 7) is 2.92. The quantitative estimate of drug-likeness (QED) is 0.520. The van der Waals surface area contributed by atoms with E-state index in [1.807, 2.05) is 55.5 Å². The van der Waals surface area contributed by atoms with Crippen LogP contribution in [0.2, 0.25) is 0 Å². The van der Waals surface area contributed by atoms with Crippen LogP contribution in [-0.4, -0.2) is 59.1 Å². The molecule has 0 aliphatic carbocycles. The van der Waals surface area contributed by atoms with Gasteiger partial charge in [0.25, 0.3) is 0 Å². The zero-order valence-electron chi connectivity index (χ0n) is 17.3. The zero-order valence-corrected chi connectivity index (χ0v) is 18.9. The lowest BCUT2D eigenvalue weighted by molar-refractivity contribution is -0.130. The standard InChI is InChI=1S/C22H25N3O4S2/c1-2-29-18-8-9-19-20(12-18)24-22(23-19)30-14-21(26)25(13-16-6-4-3-5-7-16)17-10-11-31(27,28)15-17/h3-9,12,17H,2,10-11,13-15H2,1H3,(H,23,24)/t17-/m1/s1. The number of amides is 1. The van der Waals surface area contributed by atoms with Crippen molar-refractivity contribution < 1.29 is 17.9 Å². The number of benzene rings is 2. The number of aromatic amines is 1. The number of nitrogens with one attached hydrogen (secondary N) is 1. The summed E-state index contributed by atoms with van der Waals surface area (Å²) < 4.78 is 29.5. The van der Waals surface area contributed by atoms with Crippen LogP contribution >= 0.6 is 11.8 Å². The summed E-state index contributed by atoms with van der Waals surface area (Å²) in [5.74, 6) is 1.02. The number of carbonyl (C=O) groups is 1. The van der Waals surface area contributed by atoms with Crippen LogP contribution in [0.5, 0.6) is 5.75 Å². The van der Waals surface area contributed by atoms with E-state index in [4.69, 9.17) is 4.74 Å². The Morgan fingerprint density at radius 3 is 2.77 bits per heavy atom. The lowest BCUT2D eigenvalue weighted by atomic mass is 10.1. The Morgan fingerprint density at radius 1 is 1.26 bits per heavy atom. The molecule has 0 unspecified atom stereocenters. The zero-order chi connectivity index (χ0) is 21.8. The highest BCUT2D eigenvalue weighted by molar-refractivity contribution is 7.99. The first-order valence-corrected chi connectivity index (χ1v) is 13.0. The Bertz CT molecular complexity index is 1160. The van der Waals surface area contributed by atoms with E-state index in [1.54, 1.807) is 4.90 Å². The second-order valence-corrected chi connectivity index (χ2v) is 10.7. The van der Waals surface area contributed by atoms with Gasteiger partial charge in [-0.05, 0) is 31.0 Å². The number of sulfone groups is 1. The molecule has 0 spiro atoms. The summed E-state index contributed by atoms with van der Waals surface area (Å²) in [5, 5.41) is 0.649. The molecule has 0 radical (unpaired) electrons. The largest absolute Gasteiger partial charge is 0.494 e. The maximum Gasteiger partial charge on any atom is 0.233 e. The van der Waals surface area contributed by atoms with Crippen LogP contribution in [0.3, 0.4) is 0 Å². The number of aromatic nitrogens is 2. The van der Waals surface area contributed by atoms with Gasteiger partial charge in [-0.3, -0.25) is 4.79 Å². The second-order valence-electron chi connectivity index (χ2n) is 7.51. The average molecular weight is 460 g/mol. The number of imidazole rings is 1. The fraction of sp³-hybridized carbons (Fsp3) is 0.364. The van der Waals surface area contributed by atoms with Crippen LogP contribution < -0.4 is 4.74 Å². The molecule has 1 aliphatic rings. The first-order valence-electron chi connectivity index (χ1n) is 10.2. The van der Waals surface area contributed by atoms with Gasteiger partial charge in [0.05, 0.1) is 34.9 Å². The summed E-state index contributed by atoms with van der Waals surface area (Å²) >= 11 is 1.32. The van der Waals surface area contributed by atoms with Gasteiger partial charge in [-0.25, -0.2) is 13.4 Å². The van der Waals surface area contributed by atoms with Crippen molar-refractivity contribution in [3.05, 3.63) is 54.1 Å². The molecule has 7 nitrogen and oxygen atoms in total. The molecule has 1 N–H and O–H groups in total. The third-order valence-electron chi connectivity index (χ3n) is 5.24. The maximum atomic E-state index is 13.1. The van der Waals surface area contributed by atoms with Crippen molar-refractivity contribution in [2.75, 3.05) is 23.9 Å². The number of hydrogen-bond acceptors (Lipinski definition) is 6. The summed E-state index contributed by atoms with van der Waals surface area (Å²) in [6, 6.07) is 15.0. The lowest BCUT2D eigenvalue weighted by Gasteiger charge is -2.28. The Morgan fingerprint density at radius 2 is 2.06 bits per heavy atom. The predicted molar refractivity (Wildman–Crippen MR) is 122 cm³/mol. The number of carbonyl (C=O) groups excluding carboxylic acids is 1. The molecule has 0 saturated carbocycles. The molecule has 4 rings (SSSR count). The molecule has 2 aromatic carbocycles. The highest BCUT2D eigenvalue weighted by Crippen LogP contribution is 2.25. The van der Waals surface area contributed by atoms with E-state index in [2.05, 4.69) is 9.97 Å². The monoisotopic (exact) mass is 459 g/mol. The van der Waals surface area contributed by atoms with Crippen LogP contribution in [0, 0.1) is 0 Å². The number of hydrogen-bond donors (Lipinski definition) is 1. The smallest absolute Gasteiger partial charge is 0.233 e. The molecular weight excluding hydrogens is 434 g/mol. The molecule has 1 amide bonds. The number of ether oxygens (including phenoxy) is 1. The van der Waals surface area contributed by atoms with Crippen molar-refractivity contribution in [2.45, 2.75) is 31.1 Å². The fourth-order valence-electron chi connectivity index (χ4n) is 3.73. The lowest BCUT2D eigenvalue weighted by Crippen LogP contribution is -2.41. The van der Waals surface area contributed by atoms with E-state index in [0.29, 0.717) is 24.7 Å². The topological polar surface area (TPSA) is 92.4 Å². The van der Waals surface area contributed by atoms with Gasteiger partial charge >= 0.3 is 0 Å². The third-order valence-corrected chi connectivity index (χ3v) is 7.85. The van der Waals surface area contributed by atoms with E-state index in [-0.39, 0.29) is 29.2 Å². The minimum absolute atomic E-state index is 0.0289. The highest BCUT2D eigenvalue weighted by atomic mass is 32.2. The number of fused-ring (bicyclic) bond motifs is 1. The molecule has 9 heteroatoms. The molecule has 3 aromatic rings. The molecule has 164 valence electrons. The summed E-state index contributed by atoms with van der Waals surface area (Å²) in [5.41, 5.74) is 2.64. The Balaban J connectivity index is 1.47. The van der Waals surface area contributed by atoms with Crippen molar-refractivity contribution in [1.82, 2.24) is 14.9 Å².